The summed E-state index contributed by atoms with van der Waals surface area (Å²) in [7, 11) is -3.36. The highest BCUT2D eigenvalue weighted by molar-refractivity contribution is 7.90. The van der Waals surface area contributed by atoms with Crippen LogP contribution in [0.3, 0.4) is 0 Å². The van der Waals surface area contributed by atoms with Gasteiger partial charge < -0.3 is 4.90 Å². The number of fused-ring (bicyclic) bond motifs is 2. The highest BCUT2D eigenvalue weighted by atomic mass is 32.2. The summed E-state index contributed by atoms with van der Waals surface area (Å²) < 4.78 is 28.6. The lowest BCUT2D eigenvalue weighted by molar-refractivity contribution is 0.550. The van der Waals surface area contributed by atoms with E-state index in [1.54, 1.807) is 16.8 Å². The van der Waals surface area contributed by atoms with Crippen molar-refractivity contribution in [2.75, 3.05) is 12.3 Å². The van der Waals surface area contributed by atoms with Gasteiger partial charge in [-0.25, -0.2) is 13.4 Å². The van der Waals surface area contributed by atoms with Crippen LogP contribution in [-0.4, -0.2) is 36.4 Å². The smallest absolute Gasteiger partial charge is 0.256 e. The minimum atomic E-state index is -3.36. The summed E-state index contributed by atoms with van der Waals surface area (Å²) in [6.07, 6.45) is 5.68. The van der Waals surface area contributed by atoms with Crippen molar-refractivity contribution in [1.82, 2.24) is 9.88 Å². The Morgan fingerprint density at radius 3 is 3.10 bits per heavy atom. The second-order valence-corrected chi connectivity index (χ2v) is 7.49. The molecule has 106 valence electrons. The molecule has 21 heavy (non-hydrogen) atoms. The fraction of sp³-hybridized carbons (Fsp3) is 0.143. The molecule has 7 heteroatoms. The molecule has 0 radical (unpaired) electrons. The van der Waals surface area contributed by atoms with Gasteiger partial charge in [0, 0.05) is 18.3 Å². The molecule has 0 N–H and O–H groups in total. The minimum absolute atomic E-state index is 0.0575. The zero-order chi connectivity index (χ0) is 14.4. The molecule has 5 nitrogen and oxygen atoms in total. The van der Waals surface area contributed by atoms with E-state index in [0.717, 1.165) is 21.4 Å². The van der Waals surface area contributed by atoms with Gasteiger partial charge in [0.25, 0.3) is 10.0 Å². The van der Waals surface area contributed by atoms with Gasteiger partial charge in [0.1, 0.15) is 0 Å². The lowest BCUT2D eigenvalue weighted by Gasteiger charge is -2.29. The first-order valence-corrected chi connectivity index (χ1v) is 8.93. The SMILES string of the molecule is O=S1(=O)CCN2C=CC=C(c3ccc4ncsc4c3)C2=N1. The van der Waals surface area contributed by atoms with Gasteiger partial charge >= 0.3 is 0 Å². The largest absolute Gasteiger partial charge is 0.331 e. The zero-order valence-corrected chi connectivity index (χ0v) is 12.6. The Kier molecular flexibility index (Phi) is 2.73. The van der Waals surface area contributed by atoms with Crippen molar-refractivity contribution in [3.05, 3.63) is 47.6 Å². The van der Waals surface area contributed by atoms with E-state index in [4.69, 9.17) is 0 Å². The van der Waals surface area contributed by atoms with E-state index < -0.39 is 10.0 Å². The third kappa shape index (κ3) is 2.18. The average Bonchev–Trinajstić information content (AvgIpc) is 2.93. The standard InChI is InChI=1S/C14H11N3O2S2/c18-21(19)7-6-17-5-1-2-11(14(17)16-21)10-3-4-12-13(8-10)20-9-15-12/h1-5,8-9H,6-7H2. The van der Waals surface area contributed by atoms with Crippen LogP contribution in [0, 0.1) is 0 Å². The third-order valence-electron chi connectivity index (χ3n) is 3.50. The van der Waals surface area contributed by atoms with Gasteiger partial charge in [-0.05, 0) is 29.8 Å². The molecular formula is C14H11N3O2S2. The number of aromatic nitrogens is 1. The molecule has 1 aromatic heterocycles. The van der Waals surface area contributed by atoms with Gasteiger partial charge in [0.15, 0.2) is 5.84 Å². The van der Waals surface area contributed by atoms with Crippen LogP contribution in [0.25, 0.3) is 15.8 Å². The van der Waals surface area contributed by atoms with Crippen molar-refractivity contribution in [1.29, 1.82) is 0 Å². The molecule has 0 saturated carbocycles. The zero-order valence-electron chi connectivity index (χ0n) is 10.9. The summed E-state index contributed by atoms with van der Waals surface area (Å²) in [5.41, 5.74) is 4.54. The van der Waals surface area contributed by atoms with Crippen molar-refractivity contribution in [2.24, 2.45) is 4.40 Å². The number of allylic oxidation sites excluding steroid dienone is 2. The van der Waals surface area contributed by atoms with Gasteiger partial charge in [0.2, 0.25) is 0 Å². The number of sulfonamides is 1. The average molecular weight is 317 g/mol. The maximum atomic E-state index is 11.8. The Balaban J connectivity index is 1.88. The topological polar surface area (TPSA) is 62.6 Å². The van der Waals surface area contributed by atoms with Crippen LogP contribution in [-0.2, 0) is 10.0 Å². The highest BCUT2D eigenvalue weighted by Gasteiger charge is 2.27. The van der Waals surface area contributed by atoms with E-state index in [9.17, 15) is 8.42 Å². The fourth-order valence-corrected chi connectivity index (χ4v) is 4.17. The van der Waals surface area contributed by atoms with E-state index in [-0.39, 0.29) is 5.75 Å². The van der Waals surface area contributed by atoms with E-state index in [1.165, 1.54) is 0 Å². The second-order valence-electron chi connectivity index (χ2n) is 4.85. The predicted octanol–water partition coefficient (Wildman–Crippen LogP) is 2.25. The molecule has 1 aromatic carbocycles. The molecular weight excluding hydrogens is 306 g/mol. The van der Waals surface area contributed by atoms with Crippen molar-refractivity contribution in [3.63, 3.8) is 0 Å². The molecule has 0 unspecified atom stereocenters. The molecule has 0 amide bonds. The van der Waals surface area contributed by atoms with Crippen LogP contribution < -0.4 is 0 Å². The van der Waals surface area contributed by atoms with Gasteiger partial charge in [-0.3, -0.25) is 0 Å². The van der Waals surface area contributed by atoms with Crippen molar-refractivity contribution < 1.29 is 8.42 Å². The number of nitrogens with zero attached hydrogens (tertiary/aromatic N) is 3. The van der Waals surface area contributed by atoms with E-state index in [1.807, 2.05) is 41.5 Å². The van der Waals surface area contributed by atoms with Gasteiger partial charge in [-0.15, -0.1) is 15.7 Å². The first kappa shape index (κ1) is 12.7. The molecule has 0 bridgehead atoms. The highest BCUT2D eigenvalue weighted by Crippen LogP contribution is 2.28. The molecule has 2 aliphatic heterocycles. The normalized spacial score (nSPS) is 20.1. The first-order chi connectivity index (χ1) is 10.1. The number of hydrogen-bond donors (Lipinski definition) is 0. The number of thiazole rings is 1. The Bertz CT molecular complexity index is 923. The van der Waals surface area contributed by atoms with Crippen LogP contribution >= 0.6 is 11.3 Å². The summed E-state index contributed by atoms with van der Waals surface area (Å²) in [6.45, 7) is 0.442. The molecule has 0 saturated heterocycles. The van der Waals surface area contributed by atoms with Gasteiger partial charge in [-0.1, -0.05) is 6.07 Å². The van der Waals surface area contributed by atoms with E-state index in [2.05, 4.69) is 9.38 Å². The summed E-state index contributed by atoms with van der Waals surface area (Å²) >= 11 is 1.57. The Morgan fingerprint density at radius 2 is 2.19 bits per heavy atom. The third-order valence-corrected chi connectivity index (χ3v) is 5.44. The van der Waals surface area contributed by atoms with Crippen LogP contribution in [0.1, 0.15) is 5.56 Å². The Morgan fingerprint density at radius 1 is 1.29 bits per heavy atom. The summed E-state index contributed by atoms with van der Waals surface area (Å²) in [6, 6.07) is 5.93. The molecule has 2 aromatic rings. The minimum Gasteiger partial charge on any atom is -0.331 e. The summed E-state index contributed by atoms with van der Waals surface area (Å²) in [4.78, 5) is 6.14. The summed E-state index contributed by atoms with van der Waals surface area (Å²) in [5.74, 6) is 0.565. The van der Waals surface area contributed by atoms with Crippen molar-refractivity contribution >= 4 is 43.0 Å². The quantitative estimate of drug-likeness (QED) is 0.809. The second kappa shape index (κ2) is 4.51. The fourth-order valence-electron chi connectivity index (χ4n) is 2.46. The molecule has 0 fully saturated rings. The van der Waals surface area contributed by atoms with Gasteiger partial charge in [-0.2, -0.15) is 0 Å². The molecule has 0 spiro atoms. The van der Waals surface area contributed by atoms with Crippen LogP contribution in [0.2, 0.25) is 0 Å². The molecule has 2 aliphatic rings. The number of hydrogen-bond acceptors (Lipinski definition) is 5. The maximum absolute atomic E-state index is 11.8. The first-order valence-electron chi connectivity index (χ1n) is 6.44. The Labute approximate surface area is 126 Å². The Hall–Kier alpha value is -1.99. The summed E-state index contributed by atoms with van der Waals surface area (Å²) in [5, 5.41) is 0. The van der Waals surface area contributed by atoms with E-state index in [0.29, 0.717) is 12.4 Å². The number of rotatable bonds is 1. The lowest BCUT2D eigenvalue weighted by Crippen LogP contribution is -2.37. The molecule has 3 heterocycles. The monoisotopic (exact) mass is 317 g/mol. The van der Waals surface area contributed by atoms with Gasteiger partial charge in [0.05, 0.1) is 21.5 Å². The number of amidine groups is 1. The molecule has 0 atom stereocenters. The van der Waals surface area contributed by atoms with Crippen molar-refractivity contribution in [3.8, 4) is 0 Å². The lowest BCUT2D eigenvalue weighted by atomic mass is 10.0. The van der Waals surface area contributed by atoms with Crippen LogP contribution in [0.15, 0.2) is 46.5 Å². The number of benzene rings is 1. The van der Waals surface area contributed by atoms with E-state index >= 15 is 0 Å². The van der Waals surface area contributed by atoms with Crippen LogP contribution in [0.5, 0.6) is 0 Å². The maximum Gasteiger partial charge on any atom is 0.256 e. The van der Waals surface area contributed by atoms with Crippen LogP contribution in [0.4, 0.5) is 0 Å². The predicted molar refractivity (Wildman–Crippen MR) is 84.7 cm³/mol. The van der Waals surface area contributed by atoms with Crippen molar-refractivity contribution in [2.45, 2.75) is 0 Å². The molecule has 4 rings (SSSR count). The molecule has 0 aliphatic carbocycles.